The number of fused-ring (bicyclic) bond motifs is 5. The summed E-state index contributed by atoms with van der Waals surface area (Å²) >= 11 is 0. The van der Waals surface area contributed by atoms with Crippen molar-refractivity contribution in [1.82, 2.24) is 0 Å². The number of ether oxygens (including phenoxy) is 3. The highest BCUT2D eigenvalue weighted by molar-refractivity contribution is 5.69. The number of esters is 1. The van der Waals surface area contributed by atoms with Crippen molar-refractivity contribution in [2.45, 2.75) is 71.3 Å². The van der Waals surface area contributed by atoms with Crippen molar-refractivity contribution in [3.8, 4) is 0 Å². The van der Waals surface area contributed by atoms with Gasteiger partial charge in [-0.1, -0.05) is 26.7 Å². The van der Waals surface area contributed by atoms with Crippen LogP contribution in [0.2, 0.25) is 0 Å². The van der Waals surface area contributed by atoms with Crippen LogP contribution >= 0.6 is 0 Å². The summed E-state index contributed by atoms with van der Waals surface area (Å²) in [4.78, 5) is 12.0. The minimum Gasteiger partial charge on any atom is -0.463 e. The Morgan fingerprint density at radius 3 is 2.58 bits per heavy atom. The van der Waals surface area contributed by atoms with E-state index in [4.69, 9.17) is 14.2 Å². The average molecular weight is 365 g/mol. The molecule has 4 nitrogen and oxygen atoms in total. The lowest BCUT2D eigenvalue weighted by atomic mass is 9.69. The number of carbonyl (C=O) groups is 1. The van der Waals surface area contributed by atoms with Gasteiger partial charge in [-0.3, -0.25) is 4.79 Å². The number of hydrogen-bond donors (Lipinski definition) is 0. The van der Waals surface area contributed by atoms with Gasteiger partial charge in [0, 0.05) is 6.42 Å². The fourth-order valence-corrected chi connectivity index (χ4v) is 7.10. The van der Waals surface area contributed by atoms with Crippen molar-refractivity contribution in [2.24, 2.45) is 41.4 Å². The van der Waals surface area contributed by atoms with Crippen LogP contribution in [0.1, 0.15) is 65.2 Å². The van der Waals surface area contributed by atoms with Crippen molar-refractivity contribution >= 4 is 5.97 Å². The van der Waals surface area contributed by atoms with Gasteiger partial charge >= 0.3 is 5.97 Å². The first kappa shape index (κ1) is 18.7. The fourth-order valence-electron chi connectivity index (χ4n) is 7.10. The molecule has 1 aliphatic heterocycles. The lowest BCUT2D eigenvalue weighted by molar-refractivity contribution is -0.146. The van der Waals surface area contributed by atoms with Crippen LogP contribution in [0, 0.1) is 41.4 Å². The van der Waals surface area contributed by atoms with Crippen LogP contribution in [0.15, 0.2) is 0 Å². The number of hydrogen-bond acceptors (Lipinski definition) is 4. The molecule has 8 unspecified atom stereocenters. The molecule has 0 amide bonds. The van der Waals surface area contributed by atoms with Gasteiger partial charge in [-0.15, -0.1) is 0 Å². The third-order valence-corrected chi connectivity index (χ3v) is 8.09. The molecule has 26 heavy (non-hydrogen) atoms. The third-order valence-electron chi connectivity index (χ3n) is 8.09. The first-order valence-electron chi connectivity index (χ1n) is 11.1. The van der Waals surface area contributed by atoms with Gasteiger partial charge in [-0.25, -0.2) is 0 Å². The molecule has 0 aromatic heterocycles. The number of carbonyl (C=O) groups excluding carboxylic acids is 1. The minimum absolute atomic E-state index is 0.0682. The second kappa shape index (κ2) is 8.18. The SMILES string of the molecule is CCC1CC(CC)C2C3CC(CC3CCCC(=O)OCC3COCO3)C12. The van der Waals surface area contributed by atoms with Gasteiger partial charge in [0.2, 0.25) is 0 Å². The van der Waals surface area contributed by atoms with E-state index in [-0.39, 0.29) is 12.1 Å². The van der Waals surface area contributed by atoms with Crippen LogP contribution < -0.4 is 0 Å². The molecular weight excluding hydrogens is 328 g/mol. The summed E-state index contributed by atoms with van der Waals surface area (Å²) in [6.07, 6.45) is 9.85. The topological polar surface area (TPSA) is 44.8 Å². The van der Waals surface area contributed by atoms with E-state index in [9.17, 15) is 4.79 Å². The summed E-state index contributed by atoms with van der Waals surface area (Å²) in [5.74, 6) is 6.74. The second-order valence-electron chi connectivity index (χ2n) is 9.24. The molecule has 4 fully saturated rings. The molecule has 3 aliphatic carbocycles. The highest BCUT2D eigenvalue weighted by Crippen LogP contribution is 2.66. The molecule has 4 rings (SSSR count). The quantitative estimate of drug-likeness (QED) is 0.598. The zero-order valence-electron chi connectivity index (χ0n) is 16.5. The molecule has 0 aromatic rings. The average Bonchev–Trinajstić information content (AvgIpc) is 3.40. The monoisotopic (exact) mass is 364 g/mol. The van der Waals surface area contributed by atoms with Crippen LogP contribution in [0.5, 0.6) is 0 Å². The van der Waals surface area contributed by atoms with Gasteiger partial charge in [-0.2, -0.15) is 0 Å². The van der Waals surface area contributed by atoms with Crippen molar-refractivity contribution < 1.29 is 19.0 Å². The van der Waals surface area contributed by atoms with Crippen molar-refractivity contribution in [2.75, 3.05) is 20.0 Å². The maximum absolute atomic E-state index is 12.0. The smallest absolute Gasteiger partial charge is 0.305 e. The van der Waals surface area contributed by atoms with Crippen LogP contribution in [0.4, 0.5) is 0 Å². The summed E-state index contributed by atoms with van der Waals surface area (Å²) in [7, 11) is 0. The van der Waals surface area contributed by atoms with Gasteiger partial charge in [0.25, 0.3) is 0 Å². The second-order valence-corrected chi connectivity index (χ2v) is 9.24. The normalized spacial score (nSPS) is 43.8. The van der Waals surface area contributed by atoms with E-state index in [0.29, 0.717) is 26.4 Å². The van der Waals surface area contributed by atoms with E-state index in [1.165, 1.54) is 38.5 Å². The Morgan fingerprint density at radius 2 is 1.85 bits per heavy atom. The maximum atomic E-state index is 12.0. The Balaban J connectivity index is 1.21. The fraction of sp³-hybridized carbons (Fsp3) is 0.955. The predicted octanol–water partition coefficient (Wildman–Crippen LogP) is 4.42. The van der Waals surface area contributed by atoms with Crippen LogP contribution in [-0.2, 0) is 19.0 Å². The van der Waals surface area contributed by atoms with E-state index in [1.807, 2.05) is 0 Å². The Labute approximate surface area is 158 Å². The summed E-state index contributed by atoms with van der Waals surface area (Å²) in [6.45, 7) is 6.01. The molecule has 148 valence electrons. The molecule has 3 saturated carbocycles. The van der Waals surface area contributed by atoms with Crippen LogP contribution in [-0.4, -0.2) is 32.1 Å². The Bertz CT molecular complexity index is 487. The van der Waals surface area contributed by atoms with E-state index in [2.05, 4.69) is 13.8 Å². The van der Waals surface area contributed by atoms with E-state index in [1.54, 1.807) is 0 Å². The van der Waals surface area contributed by atoms with Crippen molar-refractivity contribution in [3.63, 3.8) is 0 Å². The molecule has 4 heteroatoms. The van der Waals surface area contributed by atoms with Gasteiger partial charge in [-0.05, 0) is 73.5 Å². The highest BCUT2D eigenvalue weighted by atomic mass is 16.7. The molecule has 8 atom stereocenters. The lowest BCUT2D eigenvalue weighted by Crippen LogP contribution is -2.30. The number of rotatable bonds is 8. The van der Waals surface area contributed by atoms with E-state index < -0.39 is 0 Å². The standard InChI is InChI=1S/C22H36O4/c1-3-14-8-15(4-2)22-19-10-17(21(14)22)9-16(19)6-5-7-20(23)25-12-18-11-24-13-26-18/h14-19,21-22H,3-13H2,1-2H3. The minimum atomic E-state index is -0.0696. The maximum Gasteiger partial charge on any atom is 0.305 e. The molecule has 0 radical (unpaired) electrons. The highest BCUT2D eigenvalue weighted by Gasteiger charge is 2.58. The first-order chi connectivity index (χ1) is 12.7. The Kier molecular flexibility index (Phi) is 5.90. The van der Waals surface area contributed by atoms with Crippen LogP contribution in [0.3, 0.4) is 0 Å². The largest absolute Gasteiger partial charge is 0.463 e. The summed E-state index contributed by atoms with van der Waals surface area (Å²) in [5.41, 5.74) is 0. The van der Waals surface area contributed by atoms with Crippen LogP contribution in [0.25, 0.3) is 0 Å². The van der Waals surface area contributed by atoms with Gasteiger partial charge in [0.15, 0.2) is 0 Å². The Hall–Kier alpha value is -0.610. The van der Waals surface area contributed by atoms with Gasteiger partial charge in [0.1, 0.15) is 19.5 Å². The summed E-state index contributed by atoms with van der Waals surface area (Å²) in [5, 5.41) is 0. The van der Waals surface area contributed by atoms with E-state index >= 15 is 0 Å². The molecule has 0 N–H and O–H groups in total. The third kappa shape index (κ3) is 3.56. The zero-order valence-corrected chi connectivity index (χ0v) is 16.5. The Morgan fingerprint density at radius 1 is 1.04 bits per heavy atom. The lowest BCUT2D eigenvalue weighted by Gasteiger charge is -2.36. The van der Waals surface area contributed by atoms with E-state index in [0.717, 1.165) is 47.8 Å². The first-order valence-corrected chi connectivity index (χ1v) is 11.1. The van der Waals surface area contributed by atoms with Crippen molar-refractivity contribution in [3.05, 3.63) is 0 Å². The molecule has 2 bridgehead atoms. The molecular formula is C22H36O4. The molecule has 1 saturated heterocycles. The summed E-state index contributed by atoms with van der Waals surface area (Å²) < 4.78 is 15.8. The molecule has 4 aliphatic rings. The van der Waals surface area contributed by atoms with Gasteiger partial charge < -0.3 is 14.2 Å². The van der Waals surface area contributed by atoms with Gasteiger partial charge in [0.05, 0.1) is 6.61 Å². The predicted molar refractivity (Wildman–Crippen MR) is 99.4 cm³/mol. The zero-order chi connectivity index (χ0) is 18.1. The summed E-state index contributed by atoms with van der Waals surface area (Å²) in [6, 6.07) is 0. The molecule has 1 heterocycles. The molecule has 0 aromatic carbocycles. The molecule has 0 spiro atoms. The van der Waals surface area contributed by atoms with Crippen molar-refractivity contribution in [1.29, 1.82) is 0 Å².